The Balaban J connectivity index is 2.12. The number of furan rings is 1. The van der Waals surface area contributed by atoms with Crippen molar-refractivity contribution in [2.45, 2.75) is 0 Å². The molecule has 1 N–H and O–H groups in total. The van der Waals surface area contributed by atoms with E-state index in [0.717, 1.165) is 50.9 Å². The largest absolute Gasteiger partial charge is 0.455 e. The second-order valence-electron chi connectivity index (χ2n) is 4.59. The predicted molar refractivity (Wildman–Crippen MR) is 80.8 cm³/mol. The van der Waals surface area contributed by atoms with Gasteiger partial charge in [-0.3, -0.25) is 4.99 Å². The van der Waals surface area contributed by atoms with Gasteiger partial charge in [0.25, 0.3) is 0 Å². The van der Waals surface area contributed by atoms with Crippen LogP contribution in [0.2, 0.25) is 0 Å². The molecular weight excluding hydrogens is 304 g/mol. The van der Waals surface area contributed by atoms with Crippen molar-refractivity contribution in [2.24, 2.45) is 4.99 Å². The SMILES string of the molecule is Brc1cc(C2=NCCN2)c2oc3ccccc3c2c1. The molecule has 2 heterocycles. The second kappa shape index (κ2) is 4.10. The fraction of sp³-hybridized carbons (Fsp3) is 0.133. The number of rotatable bonds is 1. The number of fused-ring (bicyclic) bond motifs is 3. The van der Waals surface area contributed by atoms with E-state index in [4.69, 9.17) is 4.42 Å². The monoisotopic (exact) mass is 314 g/mol. The van der Waals surface area contributed by atoms with Crippen molar-refractivity contribution < 1.29 is 4.42 Å². The van der Waals surface area contributed by atoms with Gasteiger partial charge >= 0.3 is 0 Å². The molecule has 3 nitrogen and oxygen atoms in total. The summed E-state index contributed by atoms with van der Waals surface area (Å²) >= 11 is 3.58. The Morgan fingerprint density at radius 1 is 1.16 bits per heavy atom. The van der Waals surface area contributed by atoms with E-state index in [0.29, 0.717) is 0 Å². The first-order valence-electron chi connectivity index (χ1n) is 6.22. The first-order chi connectivity index (χ1) is 9.33. The highest BCUT2D eigenvalue weighted by Gasteiger charge is 2.17. The van der Waals surface area contributed by atoms with E-state index in [1.807, 2.05) is 18.2 Å². The number of halogens is 1. The average Bonchev–Trinajstić information content (AvgIpc) is 3.05. The Kier molecular flexibility index (Phi) is 2.38. The standard InChI is InChI=1S/C15H11BrN2O/c16-9-7-11-10-3-1-2-4-13(10)19-14(11)12(8-9)15-17-5-6-18-15/h1-4,7-8H,5-6H2,(H,17,18). The zero-order chi connectivity index (χ0) is 12.8. The smallest absolute Gasteiger partial charge is 0.146 e. The van der Waals surface area contributed by atoms with Gasteiger partial charge in [0.2, 0.25) is 0 Å². The van der Waals surface area contributed by atoms with E-state index in [-0.39, 0.29) is 0 Å². The lowest BCUT2D eigenvalue weighted by molar-refractivity contribution is 0.668. The lowest BCUT2D eigenvalue weighted by Gasteiger charge is -2.04. The molecule has 3 aromatic rings. The molecule has 2 aromatic carbocycles. The van der Waals surface area contributed by atoms with Gasteiger partial charge in [0.05, 0.1) is 12.1 Å². The molecule has 0 unspecified atom stereocenters. The summed E-state index contributed by atoms with van der Waals surface area (Å²) in [5.74, 6) is 0.922. The minimum absolute atomic E-state index is 0.823. The van der Waals surface area contributed by atoms with Crippen molar-refractivity contribution in [3.63, 3.8) is 0 Å². The number of benzene rings is 2. The molecule has 0 radical (unpaired) electrons. The lowest BCUT2D eigenvalue weighted by atomic mass is 10.1. The number of nitrogens with one attached hydrogen (secondary N) is 1. The van der Waals surface area contributed by atoms with Gasteiger partial charge in [0.15, 0.2) is 0 Å². The van der Waals surface area contributed by atoms with Crippen LogP contribution in [0.5, 0.6) is 0 Å². The normalized spacial score (nSPS) is 14.9. The number of hydrogen-bond donors (Lipinski definition) is 1. The summed E-state index contributed by atoms with van der Waals surface area (Å²) in [4.78, 5) is 4.49. The first kappa shape index (κ1) is 11.1. The van der Waals surface area contributed by atoms with Crippen molar-refractivity contribution in [3.05, 3.63) is 46.4 Å². The van der Waals surface area contributed by atoms with Crippen molar-refractivity contribution >= 4 is 43.7 Å². The number of amidine groups is 1. The molecule has 0 amide bonds. The molecule has 1 aromatic heterocycles. The zero-order valence-corrected chi connectivity index (χ0v) is 11.7. The maximum Gasteiger partial charge on any atom is 0.146 e. The minimum Gasteiger partial charge on any atom is -0.455 e. The van der Waals surface area contributed by atoms with Gasteiger partial charge in [-0.2, -0.15) is 0 Å². The van der Waals surface area contributed by atoms with E-state index < -0.39 is 0 Å². The number of para-hydroxylation sites is 1. The van der Waals surface area contributed by atoms with Crippen molar-refractivity contribution in [1.29, 1.82) is 0 Å². The van der Waals surface area contributed by atoms with Gasteiger partial charge in [-0.25, -0.2) is 0 Å². The van der Waals surface area contributed by atoms with Gasteiger partial charge in [-0.05, 0) is 18.2 Å². The number of nitrogens with zero attached hydrogens (tertiary/aromatic N) is 1. The van der Waals surface area contributed by atoms with Crippen LogP contribution in [-0.4, -0.2) is 18.9 Å². The molecule has 0 fully saturated rings. The van der Waals surface area contributed by atoms with Crippen LogP contribution in [0, 0.1) is 0 Å². The highest BCUT2D eigenvalue weighted by atomic mass is 79.9. The van der Waals surface area contributed by atoms with Gasteiger partial charge in [0, 0.05) is 21.8 Å². The molecule has 1 aliphatic heterocycles. The summed E-state index contributed by atoms with van der Waals surface area (Å²) < 4.78 is 7.05. The van der Waals surface area contributed by atoms with E-state index in [1.54, 1.807) is 0 Å². The van der Waals surface area contributed by atoms with Gasteiger partial charge < -0.3 is 9.73 Å². The summed E-state index contributed by atoms with van der Waals surface area (Å²) in [6, 6.07) is 12.3. The van der Waals surface area contributed by atoms with Crippen LogP contribution >= 0.6 is 15.9 Å². The fourth-order valence-electron chi connectivity index (χ4n) is 2.55. The molecule has 94 valence electrons. The average molecular weight is 315 g/mol. The van der Waals surface area contributed by atoms with Crippen LogP contribution in [0.4, 0.5) is 0 Å². The van der Waals surface area contributed by atoms with E-state index in [1.165, 1.54) is 0 Å². The quantitative estimate of drug-likeness (QED) is 0.743. The van der Waals surface area contributed by atoms with Crippen molar-refractivity contribution in [1.82, 2.24) is 5.32 Å². The second-order valence-corrected chi connectivity index (χ2v) is 5.50. The van der Waals surface area contributed by atoms with Crippen LogP contribution < -0.4 is 5.32 Å². The Morgan fingerprint density at radius 3 is 2.89 bits per heavy atom. The number of hydrogen-bond acceptors (Lipinski definition) is 3. The van der Waals surface area contributed by atoms with E-state index in [2.05, 4.69) is 44.4 Å². The third kappa shape index (κ3) is 1.67. The third-order valence-corrected chi connectivity index (χ3v) is 3.83. The number of aliphatic imine (C=N–C) groups is 1. The van der Waals surface area contributed by atoms with Gasteiger partial charge in [0.1, 0.15) is 17.0 Å². The molecule has 4 heteroatoms. The van der Waals surface area contributed by atoms with Crippen molar-refractivity contribution in [2.75, 3.05) is 13.1 Å². The topological polar surface area (TPSA) is 37.5 Å². The minimum atomic E-state index is 0.823. The maximum absolute atomic E-state index is 6.01. The maximum atomic E-state index is 6.01. The van der Waals surface area contributed by atoms with Gasteiger partial charge in [-0.15, -0.1) is 0 Å². The van der Waals surface area contributed by atoms with Crippen molar-refractivity contribution in [3.8, 4) is 0 Å². The first-order valence-corrected chi connectivity index (χ1v) is 7.02. The van der Waals surface area contributed by atoms with E-state index >= 15 is 0 Å². The predicted octanol–water partition coefficient (Wildman–Crippen LogP) is 3.70. The molecule has 0 atom stereocenters. The Hall–Kier alpha value is -1.81. The van der Waals surface area contributed by atoms with Crippen LogP contribution in [0.1, 0.15) is 5.56 Å². The lowest BCUT2D eigenvalue weighted by Crippen LogP contribution is -2.19. The molecule has 0 bridgehead atoms. The zero-order valence-electron chi connectivity index (χ0n) is 10.1. The summed E-state index contributed by atoms with van der Waals surface area (Å²) in [6.07, 6.45) is 0. The highest BCUT2D eigenvalue weighted by Crippen LogP contribution is 2.33. The summed E-state index contributed by atoms with van der Waals surface area (Å²) in [5.41, 5.74) is 2.84. The third-order valence-electron chi connectivity index (χ3n) is 3.37. The van der Waals surface area contributed by atoms with Crippen LogP contribution in [-0.2, 0) is 0 Å². The summed E-state index contributed by atoms with van der Waals surface area (Å²) in [5, 5.41) is 5.57. The molecule has 0 aliphatic carbocycles. The Labute approximate surface area is 118 Å². The van der Waals surface area contributed by atoms with Gasteiger partial charge in [-0.1, -0.05) is 34.1 Å². The fourth-order valence-corrected chi connectivity index (χ4v) is 3.00. The Morgan fingerprint density at radius 2 is 2.05 bits per heavy atom. The molecule has 0 saturated carbocycles. The molecule has 1 aliphatic rings. The van der Waals surface area contributed by atoms with E-state index in [9.17, 15) is 0 Å². The molecule has 19 heavy (non-hydrogen) atoms. The molecule has 4 rings (SSSR count). The highest BCUT2D eigenvalue weighted by molar-refractivity contribution is 9.10. The van der Waals surface area contributed by atoms with Crippen LogP contribution in [0.15, 0.2) is 50.3 Å². The summed E-state index contributed by atoms with van der Waals surface area (Å²) in [6.45, 7) is 1.72. The molecular formula is C15H11BrN2O. The van der Waals surface area contributed by atoms with Crippen LogP contribution in [0.3, 0.4) is 0 Å². The molecule has 0 spiro atoms. The summed E-state index contributed by atoms with van der Waals surface area (Å²) in [7, 11) is 0. The van der Waals surface area contributed by atoms with Crippen LogP contribution in [0.25, 0.3) is 21.9 Å². The molecule has 0 saturated heterocycles. The Bertz CT molecular complexity index is 819.